The summed E-state index contributed by atoms with van der Waals surface area (Å²) in [5, 5.41) is 9.53. The van der Waals surface area contributed by atoms with Gasteiger partial charge in [0.05, 0.1) is 11.9 Å². The minimum atomic E-state index is -0.148. The molecule has 2 rings (SSSR count). The van der Waals surface area contributed by atoms with Gasteiger partial charge in [0, 0.05) is 31.0 Å². The number of carbonyl (C=O) groups excluding carboxylic acids is 1. The molecule has 2 aromatic rings. The SMILES string of the molecule is Cc1[nH]ncc1CNC(=O)c1cc(N)cn1C. The molecule has 2 aromatic heterocycles. The van der Waals surface area contributed by atoms with Crippen LogP contribution in [0.4, 0.5) is 5.69 Å². The van der Waals surface area contributed by atoms with Crippen LogP contribution in [0.3, 0.4) is 0 Å². The standard InChI is InChI=1S/C11H15N5O/c1-7-8(5-14-15-7)4-13-11(17)10-3-9(12)6-16(10)2/h3,5-6H,4,12H2,1-2H3,(H,13,17)(H,14,15). The topological polar surface area (TPSA) is 88.7 Å². The maximum Gasteiger partial charge on any atom is 0.268 e. The molecule has 6 nitrogen and oxygen atoms in total. The van der Waals surface area contributed by atoms with Gasteiger partial charge in [0.15, 0.2) is 0 Å². The molecule has 0 aliphatic rings. The largest absolute Gasteiger partial charge is 0.397 e. The lowest BCUT2D eigenvalue weighted by atomic mass is 10.2. The molecule has 0 spiro atoms. The van der Waals surface area contributed by atoms with E-state index in [1.807, 2.05) is 6.92 Å². The Morgan fingerprint density at radius 2 is 2.41 bits per heavy atom. The Hall–Kier alpha value is -2.24. The Labute approximate surface area is 98.8 Å². The van der Waals surface area contributed by atoms with E-state index in [1.165, 1.54) is 0 Å². The molecule has 0 radical (unpaired) electrons. The third-order valence-corrected chi connectivity index (χ3v) is 2.63. The van der Waals surface area contributed by atoms with Crippen molar-refractivity contribution in [1.29, 1.82) is 0 Å². The Kier molecular flexibility index (Phi) is 2.86. The summed E-state index contributed by atoms with van der Waals surface area (Å²) in [6.45, 7) is 2.36. The van der Waals surface area contributed by atoms with E-state index < -0.39 is 0 Å². The Morgan fingerprint density at radius 3 is 2.94 bits per heavy atom. The van der Waals surface area contributed by atoms with Crippen molar-refractivity contribution in [3.05, 3.63) is 35.4 Å². The first-order valence-electron chi connectivity index (χ1n) is 5.27. The van der Waals surface area contributed by atoms with E-state index in [9.17, 15) is 4.79 Å². The number of aromatic nitrogens is 3. The van der Waals surface area contributed by atoms with E-state index in [0.717, 1.165) is 11.3 Å². The summed E-state index contributed by atoms with van der Waals surface area (Å²) >= 11 is 0. The van der Waals surface area contributed by atoms with Gasteiger partial charge in [-0.2, -0.15) is 5.10 Å². The van der Waals surface area contributed by atoms with Crippen LogP contribution in [0.2, 0.25) is 0 Å². The molecule has 0 aliphatic carbocycles. The Morgan fingerprint density at radius 1 is 1.65 bits per heavy atom. The van der Waals surface area contributed by atoms with Gasteiger partial charge in [0.2, 0.25) is 0 Å². The van der Waals surface area contributed by atoms with Gasteiger partial charge in [-0.25, -0.2) is 0 Å². The average molecular weight is 233 g/mol. The Bertz CT molecular complexity index is 540. The number of nitrogen functional groups attached to an aromatic ring is 1. The highest BCUT2D eigenvalue weighted by Gasteiger charge is 2.11. The van der Waals surface area contributed by atoms with Crippen LogP contribution in [0.5, 0.6) is 0 Å². The molecule has 0 saturated heterocycles. The fourth-order valence-electron chi connectivity index (χ4n) is 1.64. The summed E-state index contributed by atoms with van der Waals surface area (Å²) in [7, 11) is 1.79. The van der Waals surface area contributed by atoms with Gasteiger partial charge in [0.1, 0.15) is 5.69 Å². The van der Waals surface area contributed by atoms with Crippen molar-refractivity contribution in [1.82, 2.24) is 20.1 Å². The summed E-state index contributed by atoms with van der Waals surface area (Å²) in [6, 6.07) is 1.65. The first-order valence-corrected chi connectivity index (χ1v) is 5.27. The van der Waals surface area contributed by atoms with Gasteiger partial charge < -0.3 is 15.6 Å². The molecule has 17 heavy (non-hydrogen) atoms. The first kappa shape index (κ1) is 11.3. The zero-order valence-corrected chi connectivity index (χ0v) is 9.82. The first-order chi connectivity index (χ1) is 8.08. The number of aromatic amines is 1. The molecule has 2 heterocycles. The van der Waals surface area contributed by atoms with E-state index in [4.69, 9.17) is 5.73 Å². The third kappa shape index (κ3) is 2.30. The van der Waals surface area contributed by atoms with Crippen LogP contribution in [0.1, 0.15) is 21.7 Å². The predicted molar refractivity (Wildman–Crippen MR) is 64.3 cm³/mol. The Balaban J connectivity index is 2.03. The van der Waals surface area contributed by atoms with Gasteiger partial charge in [0.25, 0.3) is 5.91 Å². The van der Waals surface area contributed by atoms with Gasteiger partial charge in [-0.3, -0.25) is 9.89 Å². The number of hydrogen-bond acceptors (Lipinski definition) is 3. The van der Waals surface area contributed by atoms with Crippen LogP contribution in [0.15, 0.2) is 18.5 Å². The molecule has 0 fully saturated rings. The molecular formula is C11H15N5O. The lowest BCUT2D eigenvalue weighted by Gasteiger charge is -2.05. The summed E-state index contributed by atoms with van der Waals surface area (Å²) in [5.74, 6) is -0.148. The summed E-state index contributed by atoms with van der Waals surface area (Å²) < 4.78 is 1.70. The second-order valence-electron chi connectivity index (χ2n) is 3.97. The van der Waals surface area contributed by atoms with Crippen LogP contribution in [0, 0.1) is 6.92 Å². The number of anilines is 1. The molecule has 0 atom stereocenters. The fourth-order valence-corrected chi connectivity index (χ4v) is 1.64. The van der Waals surface area contributed by atoms with Gasteiger partial charge in [-0.05, 0) is 13.0 Å². The maximum absolute atomic E-state index is 11.9. The van der Waals surface area contributed by atoms with Crippen LogP contribution >= 0.6 is 0 Å². The smallest absolute Gasteiger partial charge is 0.268 e. The lowest BCUT2D eigenvalue weighted by Crippen LogP contribution is -2.24. The molecule has 1 amide bonds. The van der Waals surface area contributed by atoms with Crippen molar-refractivity contribution >= 4 is 11.6 Å². The van der Waals surface area contributed by atoms with Crippen LogP contribution in [0.25, 0.3) is 0 Å². The third-order valence-electron chi connectivity index (χ3n) is 2.63. The van der Waals surface area contributed by atoms with Crippen LogP contribution < -0.4 is 11.1 Å². The van der Waals surface area contributed by atoms with Gasteiger partial charge in [-0.1, -0.05) is 0 Å². The molecular weight excluding hydrogens is 218 g/mol. The van der Waals surface area contributed by atoms with Gasteiger partial charge in [-0.15, -0.1) is 0 Å². The van der Waals surface area contributed by atoms with Gasteiger partial charge >= 0.3 is 0 Å². The monoisotopic (exact) mass is 233 g/mol. The highest BCUT2D eigenvalue weighted by atomic mass is 16.1. The predicted octanol–water partition coefficient (Wildman–Crippen LogP) is 0.569. The number of aryl methyl sites for hydroxylation is 2. The van der Waals surface area contributed by atoms with Crippen LogP contribution in [-0.4, -0.2) is 20.7 Å². The summed E-state index contributed by atoms with van der Waals surface area (Å²) in [5.41, 5.74) is 8.67. The van der Waals surface area contributed by atoms with Crippen molar-refractivity contribution in [2.75, 3.05) is 5.73 Å². The van der Waals surface area contributed by atoms with E-state index >= 15 is 0 Å². The molecule has 0 aromatic carbocycles. The maximum atomic E-state index is 11.9. The second-order valence-corrected chi connectivity index (χ2v) is 3.97. The van der Waals surface area contributed by atoms with Crippen molar-refractivity contribution in [2.24, 2.45) is 7.05 Å². The van der Waals surface area contributed by atoms with E-state index in [0.29, 0.717) is 17.9 Å². The molecule has 0 saturated carbocycles. The van der Waals surface area contributed by atoms with Crippen molar-refractivity contribution in [3.63, 3.8) is 0 Å². The van der Waals surface area contributed by atoms with Crippen molar-refractivity contribution in [3.8, 4) is 0 Å². The minimum absolute atomic E-state index is 0.148. The number of hydrogen-bond donors (Lipinski definition) is 3. The molecule has 6 heteroatoms. The zero-order chi connectivity index (χ0) is 12.4. The van der Waals surface area contributed by atoms with Crippen molar-refractivity contribution in [2.45, 2.75) is 13.5 Å². The molecule has 0 aliphatic heterocycles. The van der Waals surface area contributed by atoms with E-state index in [-0.39, 0.29) is 5.91 Å². The minimum Gasteiger partial charge on any atom is -0.397 e. The number of nitrogens with one attached hydrogen (secondary N) is 2. The quantitative estimate of drug-likeness (QED) is 0.724. The zero-order valence-electron chi connectivity index (χ0n) is 9.82. The molecule has 0 bridgehead atoms. The normalized spacial score (nSPS) is 10.5. The van der Waals surface area contributed by atoms with Crippen LogP contribution in [-0.2, 0) is 13.6 Å². The average Bonchev–Trinajstić information content (AvgIpc) is 2.81. The summed E-state index contributed by atoms with van der Waals surface area (Å²) in [4.78, 5) is 11.9. The molecule has 0 unspecified atom stereocenters. The number of amides is 1. The lowest BCUT2D eigenvalue weighted by molar-refractivity contribution is 0.0943. The highest BCUT2D eigenvalue weighted by Crippen LogP contribution is 2.09. The summed E-state index contributed by atoms with van der Waals surface area (Å²) in [6.07, 6.45) is 3.41. The number of H-pyrrole nitrogens is 1. The van der Waals surface area contributed by atoms with Crippen molar-refractivity contribution < 1.29 is 4.79 Å². The van der Waals surface area contributed by atoms with E-state index in [1.54, 1.807) is 30.1 Å². The van der Waals surface area contributed by atoms with E-state index in [2.05, 4.69) is 15.5 Å². The highest BCUT2D eigenvalue weighted by molar-refractivity contribution is 5.93. The number of nitrogens with two attached hydrogens (primary N) is 1. The second kappa shape index (κ2) is 4.32. The number of rotatable bonds is 3. The number of carbonyl (C=O) groups is 1. The molecule has 90 valence electrons. The fraction of sp³-hybridized carbons (Fsp3) is 0.273. The molecule has 4 N–H and O–H groups in total. The number of nitrogens with zero attached hydrogens (tertiary/aromatic N) is 2.